The maximum atomic E-state index is 4.45. The molecule has 0 amide bonds. The molecule has 0 bridgehead atoms. The van der Waals surface area contributed by atoms with E-state index in [1.807, 2.05) is 25.4 Å². The van der Waals surface area contributed by atoms with Crippen LogP contribution in [0.15, 0.2) is 55.1 Å². The highest BCUT2D eigenvalue weighted by Crippen LogP contribution is 2.19. The SMILES string of the molecule is Cc1cnn(-c2cc(N3CCN(c4ccccc4)CC3)ncn2)c1. The second-order valence-electron chi connectivity index (χ2n) is 6.01. The molecule has 0 unspecified atom stereocenters. The van der Waals surface area contributed by atoms with Gasteiger partial charge < -0.3 is 9.80 Å². The minimum atomic E-state index is 0.804. The zero-order valence-electron chi connectivity index (χ0n) is 13.7. The van der Waals surface area contributed by atoms with Gasteiger partial charge in [0.15, 0.2) is 5.82 Å². The van der Waals surface area contributed by atoms with Crippen LogP contribution in [0.5, 0.6) is 0 Å². The molecular weight excluding hydrogens is 300 g/mol. The van der Waals surface area contributed by atoms with Gasteiger partial charge in [0, 0.05) is 44.1 Å². The van der Waals surface area contributed by atoms with E-state index in [1.54, 1.807) is 11.0 Å². The zero-order valence-corrected chi connectivity index (χ0v) is 13.7. The predicted molar refractivity (Wildman–Crippen MR) is 94.8 cm³/mol. The van der Waals surface area contributed by atoms with Crippen LogP contribution in [-0.4, -0.2) is 45.9 Å². The van der Waals surface area contributed by atoms with Crippen LogP contribution >= 0.6 is 0 Å². The number of piperazine rings is 1. The third kappa shape index (κ3) is 2.95. The first-order valence-electron chi connectivity index (χ1n) is 8.18. The van der Waals surface area contributed by atoms with E-state index < -0.39 is 0 Å². The Morgan fingerprint density at radius 3 is 2.29 bits per heavy atom. The van der Waals surface area contributed by atoms with Gasteiger partial charge in [0.2, 0.25) is 0 Å². The monoisotopic (exact) mass is 320 g/mol. The van der Waals surface area contributed by atoms with Gasteiger partial charge in [0.05, 0.1) is 6.20 Å². The van der Waals surface area contributed by atoms with E-state index in [0.717, 1.165) is 43.4 Å². The molecular formula is C18H20N6. The highest BCUT2D eigenvalue weighted by molar-refractivity contribution is 5.50. The van der Waals surface area contributed by atoms with Crippen LogP contribution in [0.3, 0.4) is 0 Å². The summed E-state index contributed by atoms with van der Waals surface area (Å²) in [5.74, 6) is 1.76. The van der Waals surface area contributed by atoms with Crippen LogP contribution in [0.4, 0.5) is 11.5 Å². The normalized spacial score (nSPS) is 14.9. The summed E-state index contributed by atoms with van der Waals surface area (Å²) in [4.78, 5) is 13.5. The summed E-state index contributed by atoms with van der Waals surface area (Å²) in [5, 5.41) is 4.32. The number of hydrogen-bond donors (Lipinski definition) is 0. The van der Waals surface area contributed by atoms with Crippen molar-refractivity contribution in [2.75, 3.05) is 36.0 Å². The molecule has 0 radical (unpaired) electrons. The summed E-state index contributed by atoms with van der Waals surface area (Å²) in [6.07, 6.45) is 5.42. The van der Waals surface area contributed by atoms with Crippen molar-refractivity contribution in [3.8, 4) is 5.82 Å². The first-order valence-corrected chi connectivity index (χ1v) is 8.18. The second kappa shape index (κ2) is 6.31. The summed E-state index contributed by atoms with van der Waals surface area (Å²) < 4.78 is 1.79. The molecule has 1 saturated heterocycles. The fourth-order valence-electron chi connectivity index (χ4n) is 3.01. The van der Waals surface area contributed by atoms with E-state index >= 15 is 0 Å². The molecule has 0 saturated carbocycles. The van der Waals surface area contributed by atoms with Gasteiger partial charge in [-0.15, -0.1) is 0 Å². The van der Waals surface area contributed by atoms with Gasteiger partial charge in [-0.05, 0) is 24.6 Å². The topological polar surface area (TPSA) is 50.1 Å². The molecule has 0 aliphatic carbocycles. The average Bonchev–Trinajstić information content (AvgIpc) is 3.09. The Bertz CT molecular complexity index is 805. The lowest BCUT2D eigenvalue weighted by Gasteiger charge is -2.36. The molecule has 4 rings (SSSR count). The number of aryl methyl sites for hydroxylation is 1. The molecule has 1 aromatic carbocycles. The number of rotatable bonds is 3. The quantitative estimate of drug-likeness (QED) is 0.741. The molecule has 24 heavy (non-hydrogen) atoms. The highest BCUT2D eigenvalue weighted by atomic mass is 15.3. The van der Waals surface area contributed by atoms with Crippen molar-refractivity contribution < 1.29 is 0 Å². The molecule has 6 heteroatoms. The third-order valence-corrected chi connectivity index (χ3v) is 4.31. The number of hydrogen-bond acceptors (Lipinski definition) is 5. The highest BCUT2D eigenvalue weighted by Gasteiger charge is 2.18. The lowest BCUT2D eigenvalue weighted by molar-refractivity contribution is 0.646. The van der Waals surface area contributed by atoms with E-state index in [4.69, 9.17) is 0 Å². The van der Waals surface area contributed by atoms with Crippen molar-refractivity contribution in [3.05, 3.63) is 60.7 Å². The maximum Gasteiger partial charge on any atom is 0.158 e. The molecule has 1 aliphatic heterocycles. The Balaban J connectivity index is 1.48. The van der Waals surface area contributed by atoms with Crippen molar-refractivity contribution in [3.63, 3.8) is 0 Å². The minimum absolute atomic E-state index is 0.804. The van der Waals surface area contributed by atoms with Crippen molar-refractivity contribution in [2.45, 2.75) is 6.92 Å². The van der Waals surface area contributed by atoms with Gasteiger partial charge in [0.25, 0.3) is 0 Å². The first kappa shape index (κ1) is 14.7. The van der Waals surface area contributed by atoms with Crippen LogP contribution in [-0.2, 0) is 0 Å². The van der Waals surface area contributed by atoms with Gasteiger partial charge in [0.1, 0.15) is 12.1 Å². The van der Waals surface area contributed by atoms with Crippen molar-refractivity contribution >= 4 is 11.5 Å². The van der Waals surface area contributed by atoms with Gasteiger partial charge >= 0.3 is 0 Å². The second-order valence-corrected chi connectivity index (χ2v) is 6.01. The Labute approximate surface area is 141 Å². The van der Waals surface area contributed by atoms with E-state index in [2.05, 4.69) is 55.2 Å². The fourth-order valence-corrected chi connectivity index (χ4v) is 3.01. The summed E-state index contributed by atoms with van der Waals surface area (Å²) in [7, 11) is 0. The molecule has 122 valence electrons. The lowest BCUT2D eigenvalue weighted by Crippen LogP contribution is -2.46. The number of nitrogens with zero attached hydrogens (tertiary/aromatic N) is 6. The van der Waals surface area contributed by atoms with Crippen LogP contribution in [0.25, 0.3) is 5.82 Å². The summed E-state index contributed by atoms with van der Waals surface area (Å²) in [6, 6.07) is 12.6. The molecule has 3 heterocycles. The third-order valence-electron chi connectivity index (χ3n) is 4.31. The average molecular weight is 320 g/mol. The smallest absolute Gasteiger partial charge is 0.158 e. The predicted octanol–water partition coefficient (Wildman–Crippen LogP) is 2.30. The van der Waals surface area contributed by atoms with Crippen molar-refractivity contribution in [2.24, 2.45) is 0 Å². The van der Waals surface area contributed by atoms with E-state index in [9.17, 15) is 0 Å². The summed E-state index contributed by atoms with van der Waals surface area (Å²) in [6.45, 7) is 5.90. The Hall–Kier alpha value is -2.89. The number of anilines is 2. The zero-order chi connectivity index (χ0) is 16.4. The molecule has 1 aliphatic rings. The van der Waals surface area contributed by atoms with Crippen LogP contribution in [0.2, 0.25) is 0 Å². The Morgan fingerprint density at radius 1 is 0.875 bits per heavy atom. The molecule has 2 aromatic heterocycles. The van der Waals surface area contributed by atoms with Crippen LogP contribution in [0, 0.1) is 6.92 Å². The summed E-state index contributed by atoms with van der Waals surface area (Å²) in [5.41, 5.74) is 2.40. The standard InChI is InChI=1S/C18H20N6/c1-15-12-21-24(13-15)18-11-17(19-14-20-18)23-9-7-22(8-10-23)16-5-3-2-4-6-16/h2-6,11-14H,7-10H2,1H3. The largest absolute Gasteiger partial charge is 0.368 e. The van der Waals surface area contributed by atoms with Gasteiger partial charge in [-0.3, -0.25) is 0 Å². The Kier molecular flexibility index (Phi) is 3.86. The molecule has 1 fully saturated rings. The lowest BCUT2D eigenvalue weighted by atomic mass is 10.2. The van der Waals surface area contributed by atoms with E-state index in [1.165, 1.54) is 5.69 Å². The molecule has 6 nitrogen and oxygen atoms in total. The molecule has 0 spiro atoms. The fraction of sp³-hybridized carbons (Fsp3) is 0.278. The van der Waals surface area contributed by atoms with Crippen molar-refractivity contribution in [1.29, 1.82) is 0 Å². The molecule has 0 atom stereocenters. The first-order chi connectivity index (χ1) is 11.8. The number of aromatic nitrogens is 4. The number of para-hydroxylation sites is 1. The Morgan fingerprint density at radius 2 is 1.58 bits per heavy atom. The van der Waals surface area contributed by atoms with Crippen LogP contribution in [0.1, 0.15) is 5.56 Å². The van der Waals surface area contributed by atoms with E-state index in [-0.39, 0.29) is 0 Å². The molecule has 0 N–H and O–H groups in total. The van der Waals surface area contributed by atoms with Crippen molar-refractivity contribution in [1.82, 2.24) is 19.7 Å². The van der Waals surface area contributed by atoms with Gasteiger partial charge in [-0.2, -0.15) is 5.10 Å². The summed E-state index contributed by atoms with van der Waals surface area (Å²) >= 11 is 0. The minimum Gasteiger partial charge on any atom is -0.368 e. The van der Waals surface area contributed by atoms with Crippen LogP contribution < -0.4 is 9.80 Å². The molecule has 3 aromatic rings. The van der Waals surface area contributed by atoms with E-state index in [0.29, 0.717) is 0 Å². The van der Waals surface area contributed by atoms with Gasteiger partial charge in [-0.25, -0.2) is 14.6 Å². The maximum absolute atomic E-state index is 4.45. The number of benzene rings is 1. The van der Waals surface area contributed by atoms with Gasteiger partial charge in [-0.1, -0.05) is 18.2 Å².